The van der Waals surface area contributed by atoms with E-state index >= 15 is 0 Å². The third-order valence-electron chi connectivity index (χ3n) is 6.87. The normalized spacial score (nSPS) is 16.6. The van der Waals surface area contributed by atoms with Gasteiger partial charge in [-0.2, -0.15) is 5.10 Å². The molecule has 3 heterocycles. The van der Waals surface area contributed by atoms with Gasteiger partial charge >= 0.3 is 0 Å². The van der Waals surface area contributed by atoms with Crippen molar-refractivity contribution in [1.29, 1.82) is 0 Å². The molecule has 2 aromatic heterocycles. The number of anilines is 2. The topological polar surface area (TPSA) is 73.6 Å². The molecule has 4 aromatic rings. The number of nitrogens with zero attached hydrogens (tertiary/aromatic N) is 4. The lowest BCUT2D eigenvalue weighted by atomic mass is 9.92. The first kappa shape index (κ1) is 20.7. The maximum atomic E-state index is 5.99. The number of rotatable bonds is 6. The highest BCUT2D eigenvalue weighted by atomic mass is 16.7. The van der Waals surface area contributed by atoms with Crippen LogP contribution in [0.1, 0.15) is 43.2 Å². The molecule has 1 aliphatic heterocycles. The summed E-state index contributed by atoms with van der Waals surface area (Å²) in [6.45, 7) is 0.623. The number of nitrogens with one attached hydrogen (secondary N) is 1. The molecule has 34 heavy (non-hydrogen) atoms. The number of para-hydroxylation sites is 1. The lowest BCUT2D eigenvalue weighted by molar-refractivity contribution is -0.0126. The summed E-state index contributed by atoms with van der Waals surface area (Å²) in [5.41, 5.74) is 5.73. The third kappa shape index (κ3) is 3.77. The molecular weight excluding hydrogens is 426 g/mol. The van der Waals surface area contributed by atoms with Crippen molar-refractivity contribution in [3.05, 3.63) is 78.1 Å². The Labute approximate surface area is 198 Å². The van der Waals surface area contributed by atoms with E-state index in [1.165, 1.54) is 12.8 Å². The fourth-order valence-corrected chi connectivity index (χ4v) is 5.02. The Bertz CT molecular complexity index is 1340. The number of pyridine rings is 1. The second-order valence-electron chi connectivity index (χ2n) is 9.12. The Kier molecular flexibility index (Phi) is 5.17. The number of aromatic nitrogens is 3. The van der Waals surface area contributed by atoms with Gasteiger partial charge in [0.1, 0.15) is 11.4 Å². The fraction of sp³-hybridized carbons (Fsp3) is 0.296. The zero-order chi connectivity index (χ0) is 23.0. The van der Waals surface area contributed by atoms with E-state index in [0.29, 0.717) is 6.54 Å². The molecule has 2 aromatic carbocycles. The fourth-order valence-electron chi connectivity index (χ4n) is 5.02. The summed E-state index contributed by atoms with van der Waals surface area (Å²) in [4.78, 5) is 10.8. The SMILES string of the molecule is COc1ccc(Cn2ncc3c(Nc4ccccc4)c(C4=NOC5(CCCC5)C4)cnc32)cc1. The van der Waals surface area contributed by atoms with E-state index in [-0.39, 0.29) is 5.60 Å². The molecular formula is C27H27N5O2. The Morgan fingerprint density at radius 3 is 2.59 bits per heavy atom. The molecule has 6 rings (SSSR count). The smallest absolute Gasteiger partial charge is 0.160 e. The standard InChI is InChI=1S/C27H27N5O2/c1-33-21-11-9-19(10-12-21)18-32-26-23(17-29-32)25(30-20-7-3-2-4-8-20)22(16-28-26)24-15-27(34-31-24)13-5-6-14-27/h2-4,7-12,16-17H,5-6,13-15,18H2,1H3,(H,28,30). The van der Waals surface area contributed by atoms with E-state index in [1.807, 2.05) is 47.4 Å². The van der Waals surface area contributed by atoms with E-state index in [9.17, 15) is 0 Å². The van der Waals surface area contributed by atoms with Crippen molar-refractivity contribution >= 4 is 28.1 Å². The van der Waals surface area contributed by atoms with Crippen LogP contribution in [0, 0.1) is 0 Å². The number of hydrogen-bond donors (Lipinski definition) is 1. The van der Waals surface area contributed by atoms with Gasteiger partial charge in [-0.3, -0.25) is 0 Å². The van der Waals surface area contributed by atoms with E-state index in [2.05, 4.69) is 39.8 Å². The number of benzene rings is 2. The van der Waals surface area contributed by atoms with Gasteiger partial charge in [0.2, 0.25) is 0 Å². The molecule has 7 heteroatoms. The van der Waals surface area contributed by atoms with Gasteiger partial charge in [0.25, 0.3) is 0 Å². The predicted octanol–water partition coefficient (Wildman–Crippen LogP) is 5.67. The van der Waals surface area contributed by atoms with Gasteiger partial charge in [0, 0.05) is 23.9 Å². The average Bonchev–Trinajstić information content (AvgIpc) is 3.62. The second-order valence-corrected chi connectivity index (χ2v) is 9.12. The first-order chi connectivity index (χ1) is 16.7. The minimum Gasteiger partial charge on any atom is -0.497 e. The summed E-state index contributed by atoms with van der Waals surface area (Å²) in [5, 5.41) is 13.8. The lowest BCUT2D eigenvalue weighted by Gasteiger charge is -2.19. The van der Waals surface area contributed by atoms with Crippen LogP contribution in [0.25, 0.3) is 11.0 Å². The van der Waals surface area contributed by atoms with Crippen LogP contribution in [0.15, 0.2) is 72.1 Å². The molecule has 1 N–H and O–H groups in total. The van der Waals surface area contributed by atoms with Gasteiger partial charge in [-0.15, -0.1) is 0 Å². The molecule has 0 bridgehead atoms. The van der Waals surface area contributed by atoms with Crippen LogP contribution in [0.4, 0.5) is 11.4 Å². The van der Waals surface area contributed by atoms with Crippen LogP contribution in [-0.2, 0) is 11.4 Å². The van der Waals surface area contributed by atoms with Crippen molar-refractivity contribution < 1.29 is 9.57 Å². The summed E-state index contributed by atoms with van der Waals surface area (Å²) in [7, 11) is 1.67. The molecule has 0 radical (unpaired) electrons. The molecule has 1 saturated carbocycles. The quantitative estimate of drug-likeness (QED) is 0.407. The van der Waals surface area contributed by atoms with E-state index in [0.717, 1.165) is 64.3 Å². The van der Waals surface area contributed by atoms with Gasteiger partial charge in [0.15, 0.2) is 5.65 Å². The summed E-state index contributed by atoms with van der Waals surface area (Å²) in [6, 6.07) is 18.2. The number of hydrogen-bond acceptors (Lipinski definition) is 6. The predicted molar refractivity (Wildman–Crippen MR) is 133 cm³/mol. The number of fused-ring (bicyclic) bond motifs is 1. The summed E-state index contributed by atoms with van der Waals surface area (Å²) < 4.78 is 7.21. The maximum absolute atomic E-state index is 5.99. The van der Waals surface area contributed by atoms with Crippen LogP contribution in [0.3, 0.4) is 0 Å². The second kappa shape index (κ2) is 8.48. The first-order valence-electron chi connectivity index (χ1n) is 11.8. The summed E-state index contributed by atoms with van der Waals surface area (Å²) >= 11 is 0. The van der Waals surface area contributed by atoms with Crippen molar-refractivity contribution in [3.8, 4) is 5.75 Å². The van der Waals surface area contributed by atoms with Crippen LogP contribution < -0.4 is 10.1 Å². The Hall–Kier alpha value is -3.87. The minimum absolute atomic E-state index is 0.132. The molecule has 1 spiro atoms. The van der Waals surface area contributed by atoms with Crippen molar-refractivity contribution in [2.24, 2.45) is 5.16 Å². The maximum Gasteiger partial charge on any atom is 0.160 e. The largest absolute Gasteiger partial charge is 0.497 e. The summed E-state index contributed by atoms with van der Waals surface area (Å²) in [5.74, 6) is 0.839. The van der Waals surface area contributed by atoms with Crippen molar-refractivity contribution in [2.75, 3.05) is 12.4 Å². The van der Waals surface area contributed by atoms with Crippen molar-refractivity contribution in [3.63, 3.8) is 0 Å². The van der Waals surface area contributed by atoms with Crippen LogP contribution in [-0.4, -0.2) is 33.2 Å². The van der Waals surface area contributed by atoms with Crippen LogP contribution in [0.5, 0.6) is 5.75 Å². The molecule has 1 fully saturated rings. The molecule has 172 valence electrons. The highest BCUT2D eigenvalue weighted by Gasteiger charge is 2.42. The molecule has 0 saturated heterocycles. The minimum atomic E-state index is -0.132. The Balaban J connectivity index is 1.39. The molecule has 0 atom stereocenters. The van der Waals surface area contributed by atoms with Gasteiger partial charge in [-0.1, -0.05) is 35.5 Å². The third-order valence-corrected chi connectivity index (χ3v) is 6.87. The molecule has 0 amide bonds. The molecule has 1 aliphatic carbocycles. The zero-order valence-corrected chi connectivity index (χ0v) is 19.2. The highest BCUT2D eigenvalue weighted by Crippen LogP contribution is 2.42. The Morgan fingerprint density at radius 1 is 1.03 bits per heavy atom. The number of methoxy groups -OCH3 is 1. The monoisotopic (exact) mass is 453 g/mol. The van der Waals surface area contributed by atoms with E-state index in [1.54, 1.807) is 7.11 Å². The lowest BCUT2D eigenvalue weighted by Crippen LogP contribution is -2.24. The van der Waals surface area contributed by atoms with Crippen LogP contribution >= 0.6 is 0 Å². The van der Waals surface area contributed by atoms with E-state index < -0.39 is 0 Å². The van der Waals surface area contributed by atoms with Crippen molar-refractivity contribution in [2.45, 2.75) is 44.2 Å². The number of ether oxygens (including phenoxy) is 1. The first-order valence-corrected chi connectivity index (χ1v) is 11.8. The van der Waals surface area contributed by atoms with Gasteiger partial charge < -0.3 is 14.9 Å². The highest BCUT2D eigenvalue weighted by molar-refractivity contribution is 6.11. The van der Waals surface area contributed by atoms with Crippen molar-refractivity contribution in [1.82, 2.24) is 14.8 Å². The van der Waals surface area contributed by atoms with Gasteiger partial charge in [-0.25, -0.2) is 9.67 Å². The molecule has 7 nitrogen and oxygen atoms in total. The van der Waals surface area contributed by atoms with Crippen LogP contribution in [0.2, 0.25) is 0 Å². The average molecular weight is 454 g/mol. The summed E-state index contributed by atoms with van der Waals surface area (Å²) in [6.07, 6.45) is 9.16. The Morgan fingerprint density at radius 2 is 1.82 bits per heavy atom. The number of oxime groups is 1. The molecule has 2 aliphatic rings. The molecule has 0 unspecified atom stereocenters. The van der Waals surface area contributed by atoms with E-state index in [4.69, 9.17) is 14.6 Å². The zero-order valence-electron chi connectivity index (χ0n) is 19.2. The van der Waals surface area contributed by atoms with Gasteiger partial charge in [0.05, 0.1) is 36.6 Å². The van der Waals surface area contributed by atoms with Gasteiger partial charge in [-0.05, 0) is 55.5 Å².